The van der Waals surface area contributed by atoms with E-state index in [1.807, 2.05) is 6.92 Å². The molecule has 1 aromatic rings. The van der Waals surface area contributed by atoms with Crippen LogP contribution in [0.2, 0.25) is 0 Å². The van der Waals surface area contributed by atoms with E-state index in [9.17, 15) is 5.11 Å². The zero-order valence-electron chi connectivity index (χ0n) is 11.6. The van der Waals surface area contributed by atoms with Gasteiger partial charge in [0.1, 0.15) is 0 Å². The molecule has 1 saturated heterocycles. The number of rotatable bonds is 4. The summed E-state index contributed by atoms with van der Waals surface area (Å²) < 4.78 is 5.69. The molecule has 0 amide bonds. The molecule has 18 heavy (non-hydrogen) atoms. The molecule has 1 aliphatic rings. The Morgan fingerprint density at radius 2 is 1.94 bits per heavy atom. The zero-order chi connectivity index (χ0) is 13.2. The van der Waals surface area contributed by atoms with Crippen molar-refractivity contribution in [1.82, 2.24) is 0 Å². The quantitative estimate of drug-likeness (QED) is 0.886. The van der Waals surface area contributed by atoms with Gasteiger partial charge >= 0.3 is 0 Å². The molecule has 0 bridgehead atoms. The molecule has 0 saturated carbocycles. The molecule has 100 valence electrons. The summed E-state index contributed by atoms with van der Waals surface area (Å²) >= 11 is 0. The van der Waals surface area contributed by atoms with Crippen molar-refractivity contribution in [1.29, 1.82) is 0 Å². The first-order valence-electron chi connectivity index (χ1n) is 6.92. The molecule has 2 atom stereocenters. The molecule has 2 heteroatoms. The highest BCUT2D eigenvalue weighted by atomic mass is 16.5. The van der Waals surface area contributed by atoms with Crippen LogP contribution < -0.4 is 0 Å². The van der Waals surface area contributed by atoms with Gasteiger partial charge in [0.2, 0.25) is 0 Å². The summed E-state index contributed by atoms with van der Waals surface area (Å²) in [6.07, 6.45) is 2.28. The Balaban J connectivity index is 2.00. The van der Waals surface area contributed by atoms with Gasteiger partial charge in [0.05, 0.1) is 11.7 Å². The van der Waals surface area contributed by atoms with Gasteiger partial charge in [0.15, 0.2) is 0 Å². The number of ether oxygens (including phenoxy) is 1. The summed E-state index contributed by atoms with van der Waals surface area (Å²) in [6, 6.07) is 8.56. The minimum atomic E-state index is -0.412. The first-order valence-corrected chi connectivity index (χ1v) is 6.92. The predicted octanol–water partition coefficient (Wildman–Crippen LogP) is 3.28. The Morgan fingerprint density at radius 3 is 2.44 bits per heavy atom. The van der Waals surface area contributed by atoms with Crippen LogP contribution in [0, 0.1) is 0 Å². The average Bonchev–Trinajstić information content (AvgIpc) is 2.78. The summed E-state index contributed by atoms with van der Waals surface area (Å²) in [4.78, 5) is 0. The minimum Gasteiger partial charge on any atom is -0.390 e. The van der Waals surface area contributed by atoms with Gasteiger partial charge in [-0.1, -0.05) is 38.1 Å². The fourth-order valence-corrected chi connectivity index (χ4v) is 2.54. The molecular weight excluding hydrogens is 224 g/mol. The number of hydrogen-bond acceptors (Lipinski definition) is 2. The number of hydrogen-bond donors (Lipinski definition) is 1. The van der Waals surface area contributed by atoms with Crippen molar-refractivity contribution in [3.05, 3.63) is 35.4 Å². The molecule has 2 nitrogen and oxygen atoms in total. The van der Waals surface area contributed by atoms with E-state index >= 15 is 0 Å². The van der Waals surface area contributed by atoms with E-state index in [1.165, 1.54) is 11.1 Å². The van der Waals surface area contributed by atoms with Crippen molar-refractivity contribution < 1.29 is 9.84 Å². The van der Waals surface area contributed by atoms with Crippen LogP contribution in [0.25, 0.3) is 0 Å². The largest absolute Gasteiger partial charge is 0.390 e. The monoisotopic (exact) mass is 248 g/mol. The molecule has 1 aromatic carbocycles. The molecule has 1 N–H and O–H groups in total. The second kappa shape index (κ2) is 5.41. The van der Waals surface area contributed by atoms with Crippen LogP contribution in [0.5, 0.6) is 0 Å². The normalized spacial score (nSPS) is 25.6. The lowest BCUT2D eigenvalue weighted by atomic mass is 9.90. The van der Waals surface area contributed by atoms with Crippen LogP contribution in [-0.2, 0) is 11.2 Å². The Labute approximate surface area is 110 Å². The van der Waals surface area contributed by atoms with Crippen LogP contribution in [0.4, 0.5) is 0 Å². The smallest absolute Gasteiger partial charge is 0.0916 e. The lowest BCUT2D eigenvalue weighted by molar-refractivity contribution is -0.0768. The highest BCUT2D eigenvalue weighted by Crippen LogP contribution is 2.30. The Morgan fingerprint density at radius 1 is 1.28 bits per heavy atom. The molecule has 2 unspecified atom stereocenters. The van der Waals surface area contributed by atoms with Gasteiger partial charge in [-0.3, -0.25) is 0 Å². The van der Waals surface area contributed by atoms with E-state index in [4.69, 9.17) is 4.74 Å². The summed E-state index contributed by atoms with van der Waals surface area (Å²) in [6.45, 7) is 7.18. The van der Waals surface area contributed by atoms with Gasteiger partial charge in [0.25, 0.3) is 0 Å². The van der Waals surface area contributed by atoms with Gasteiger partial charge in [-0.05, 0) is 36.8 Å². The second-order valence-corrected chi connectivity index (χ2v) is 5.88. The number of aliphatic hydroxyl groups excluding tert-OH is 1. The third-order valence-corrected chi connectivity index (χ3v) is 4.03. The Bertz CT molecular complexity index is 375. The van der Waals surface area contributed by atoms with Crippen molar-refractivity contribution in [2.24, 2.45) is 0 Å². The first-order chi connectivity index (χ1) is 8.51. The molecule has 1 fully saturated rings. The highest BCUT2D eigenvalue weighted by Gasteiger charge is 2.37. The lowest BCUT2D eigenvalue weighted by Crippen LogP contribution is -2.40. The summed E-state index contributed by atoms with van der Waals surface area (Å²) in [5.41, 5.74) is 2.18. The maximum atomic E-state index is 10.3. The third-order valence-electron chi connectivity index (χ3n) is 4.03. The van der Waals surface area contributed by atoms with E-state index in [2.05, 4.69) is 38.1 Å². The highest BCUT2D eigenvalue weighted by molar-refractivity contribution is 5.25. The standard InChI is InChI=1S/C16H24O2/c1-12(2)14-7-5-13(6-8-14)11-15(17)16(3)9-4-10-18-16/h5-8,12,15,17H,4,9-11H2,1-3H3. The first kappa shape index (κ1) is 13.6. The van der Waals surface area contributed by atoms with E-state index < -0.39 is 6.10 Å². The van der Waals surface area contributed by atoms with Crippen molar-refractivity contribution in [2.75, 3.05) is 6.61 Å². The fourth-order valence-electron chi connectivity index (χ4n) is 2.54. The predicted molar refractivity (Wildman–Crippen MR) is 73.8 cm³/mol. The summed E-state index contributed by atoms with van der Waals surface area (Å²) in [5, 5.41) is 10.3. The van der Waals surface area contributed by atoms with Crippen LogP contribution >= 0.6 is 0 Å². The van der Waals surface area contributed by atoms with Gasteiger partial charge < -0.3 is 9.84 Å². The van der Waals surface area contributed by atoms with Crippen LogP contribution in [0.15, 0.2) is 24.3 Å². The SMILES string of the molecule is CC(C)c1ccc(CC(O)C2(C)CCCO2)cc1. The van der Waals surface area contributed by atoms with Crippen molar-refractivity contribution in [3.63, 3.8) is 0 Å². The maximum Gasteiger partial charge on any atom is 0.0916 e. The molecule has 1 heterocycles. The average molecular weight is 248 g/mol. The summed E-state index contributed by atoms with van der Waals surface area (Å²) in [7, 11) is 0. The van der Waals surface area contributed by atoms with Gasteiger partial charge in [-0.15, -0.1) is 0 Å². The summed E-state index contributed by atoms with van der Waals surface area (Å²) in [5.74, 6) is 0.555. The zero-order valence-corrected chi connectivity index (χ0v) is 11.6. The minimum absolute atomic E-state index is 0.350. The van der Waals surface area contributed by atoms with Gasteiger partial charge in [0, 0.05) is 13.0 Å². The molecule has 0 aromatic heterocycles. The molecular formula is C16H24O2. The van der Waals surface area contributed by atoms with Crippen molar-refractivity contribution >= 4 is 0 Å². The maximum absolute atomic E-state index is 10.3. The fraction of sp³-hybridized carbons (Fsp3) is 0.625. The molecule has 0 radical (unpaired) electrons. The van der Waals surface area contributed by atoms with Crippen LogP contribution in [-0.4, -0.2) is 23.4 Å². The van der Waals surface area contributed by atoms with Gasteiger partial charge in [-0.25, -0.2) is 0 Å². The van der Waals surface area contributed by atoms with E-state index in [-0.39, 0.29) is 5.60 Å². The van der Waals surface area contributed by atoms with Gasteiger partial charge in [-0.2, -0.15) is 0 Å². The molecule has 1 aliphatic heterocycles. The third kappa shape index (κ3) is 2.93. The topological polar surface area (TPSA) is 29.5 Å². The number of benzene rings is 1. The van der Waals surface area contributed by atoms with E-state index in [0.29, 0.717) is 12.3 Å². The number of aliphatic hydroxyl groups is 1. The lowest BCUT2D eigenvalue weighted by Gasteiger charge is -2.29. The van der Waals surface area contributed by atoms with E-state index in [0.717, 1.165) is 19.4 Å². The van der Waals surface area contributed by atoms with E-state index in [1.54, 1.807) is 0 Å². The molecule has 2 rings (SSSR count). The Kier molecular flexibility index (Phi) is 4.08. The van der Waals surface area contributed by atoms with Crippen molar-refractivity contribution in [3.8, 4) is 0 Å². The van der Waals surface area contributed by atoms with Crippen LogP contribution in [0.1, 0.15) is 50.7 Å². The van der Waals surface area contributed by atoms with Crippen LogP contribution in [0.3, 0.4) is 0 Å². The molecule has 0 spiro atoms. The Hall–Kier alpha value is -0.860. The molecule has 0 aliphatic carbocycles. The van der Waals surface area contributed by atoms with Crippen molar-refractivity contribution in [2.45, 2.75) is 57.7 Å². The second-order valence-electron chi connectivity index (χ2n) is 5.88.